The number of ether oxygens (including phenoxy) is 1. The summed E-state index contributed by atoms with van der Waals surface area (Å²) in [6, 6.07) is 6.65. The standard InChI is InChI=1S/C15H19F2N3O/c1-10(2)11(7-18)13-8-19-9-20(13)12-5-3-4-6-14(12)21-15(16)17/h3-6,8-11,15H,7,18H2,1-2H3. The van der Waals surface area contributed by atoms with Crippen molar-refractivity contribution < 1.29 is 13.5 Å². The fourth-order valence-corrected chi connectivity index (χ4v) is 2.37. The molecule has 0 saturated carbocycles. The fraction of sp³-hybridized carbons (Fsp3) is 0.400. The first-order chi connectivity index (χ1) is 10.0. The molecule has 1 aromatic heterocycles. The first kappa shape index (κ1) is 15.4. The molecule has 6 heteroatoms. The number of nitrogens with two attached hydrogens (primary N) is 1. The van der Waals surface area contributed by atoms with Gasteiger partial charge in [0.25, 0.3) is 0 Å². The van der Waals surface area contributed by atoms with Gasteiger partial charge in [0.1, 0.15) is 5.75 Å². The van der Waals surface area contributed by atoms with Gasteiger partial charge in [0.05, 0.1) is 12.0 Å². The van der Waals surface area contributed by atoms with Crippen LogP contribution in [0, 0.1) is 5.92 Å². The van der Waals surface area contributed by atoms with E-state index in [2.05, 4.69) is 23.6 Å². The van der Waals surface area contributed by atoms with E-state index in [1.165, 1.54) is 6.07 Å². The molecule has 2 rings (SSSR count). The van der Waals surface area contributed by atoms with Gasteiger partial charge in [-0.1, -0.05) is 26.0 Å². The zero-order valence-electron chi connectivity index (χ0n) is 12.0. The van der Waals surface area contributed by atoms with Crippen LogP contribution in [0.1, 0.15) is 25.5 Å². The van der Waals surface area contributed by atoms with Crippen LogP contribution in [-0.2, 0) is 0 Å². The molecule has 1 aromatic carbocycles. The lowest BCUT2D eigenvalue weighted by Crippen LogP contribution is -2.20. The molecule has 21 heavy (non-hydrogen) atoms. The molecule has 1 atom stereocenters. The maximum absolute atomic E-state index is 12.5. The van der Waals surface area contributed by atoms with Crippen LogP contribution in [0.4, 0.5) is 8.78 Å². The van der Waals surface area contributed by atoms with Gasteiger partial charge in [-0.05, 0) is 18.1 Å². The topological polar surface area (TPSA) is 53.1 Å². The molecule has 0 fully saturated rings. The summed E-state index contributed by atoms with van der Waals surface area (Å²) < 4.78 is 31.4. The smallest absolute Gasteiger partial charge is 0.387 e. The third-order valence-corrected chi connectivity index (χ3v) is 3.45. The molecule has 0 aliphatic carbocycles. The second kappa shape index (κ2) is 6.67. The minimum absolute atomic E-state index is 0.0899. The Morgan fingerprint density at radius 3 is 2.62 bits per heavy atom. The number of halogens is 2. The van der Waals surface area contributed by atoms with Gasteiger partial charge in [-0.3, -0.25) is 4.57 Å². The van der Waals surface area contributed by atoms with Crippen molar-refractivity contribution in [3.05, 3.63) is 42.5 Å². The molecule has 0 amide bonds. The monoisotopic (exact) mass is 295 g/mol. The van der Waals surface area contributed by atoms with Crippen molar-refractivity contribution in [2.45, 2.75) is 26.4 Å². The van der Waals surface area contributed by atoms with Crippen LogP contribution < -0.4 is 10.5 Å². The molecule has 4 nitrogen and oxygen atoms in total. The highest BCUT2D eigenvalue weighted by Crippen LogP contribution is 2.30. The number of aromatic nitrogens is 2. The molecular formula is C15H19F2N3O. The van der Waals surface area contributed by atoms with Crippen LogP contribution in [0.5, 0.6) is 5.75 Å². The molecule has 0 spiro atoms. The Hall–Kier alpha value is -1.95. The predicted octanol–water partition coefficient (Wildman–Crippen LogP) is 3.17. The summed E-state index contributed by atoms with van der Waals surface area (Å²) >= 11 is 0. The Labute approximate surface area is 122 Å². The van der Waals surface area contributed by atoms with Gasteiger partial charge in [0, 0.05) is 24.4 Å². The quantitative estimate of drug-likeness (QED) is 0.890. The normalized spacial score (nSPS) is 12.9. The third kappa shape index (κ3) is 3.39. The summed E-state index contributed by atoms with van der Waals surface area (Å²) in [6.45, 7) is 1.72. The molecule has 0 radical (unpaired) electrons. The Balaban J connectivity index is 2.46. The lowest BCUT2D eigenvalue weighted by Gasteiger charge is -2.21. The number of alkyl halides is 2. The van der Waals surface area contributed by atoms with E-state index in [0.717, 1.165) is 5.69 Å². The number of rotatable bonds is 6. The number of benzene rings is 1. The molecule has 0 saturated heterocycles. The molecule has 0 aliphatic rings. The van der Waals surface area contributed by atoms with E-state index < -0.39 is 6.61 Å². The van der Waals surface area contributed by atoms with Gasteiger partial charge in [-0.2, -0.15) is 8.78 Å². The van der Waals surface area contributed by atoms with Crippen molar-refractivity contribution >= 4 is 0 Å². The summed E-state index contributed by atoms with van der Waals surface area (Å²) in [6.07, 6.45) is 3.31. The highest BCUT2D eigenvalue weighted by atomic mass is 19.3. The van der Waals surface area contributed by atoms with E-state index in [9.17, 15) is 8.78 Å². The zero-order chi connectivity index (χ0) is 15.4. The first-order valence-corrected chi connectivity index (χ1v) is 6.81. The van der Waals surface area contributed by atoms with E-state index >= 15 is 0 Å². The Morgan fingerprint density at radius 2 is 2.00 bits per heavy atom. The molecular weight excluding hydrogens is 276 g/mol. The largest absolute Gasteiger partial charge is 0.433 e. The molecule has 0 bridgehead atoms. The first-order valence-electron chi connectivity index (χ1n) is 6.81. The number of hydrogen-bond acceptors (Lipinski definition) is 3. The van der Waals surface area contributed by atoms with Gasteiger partial charge in [0.2, 0.25) is 0 Å². The molecule has 2 N–H and O–H groups in total. The predicted molar refractivity (Wildman–Crippen MR) is 76.8 cm³/mol. The van der Waals surface area contributed by atoms with Gasteiger partial charge < -0.3 is 10.5 Å². The number of nitrogens with zero attached hydrogens (tertiary/aromatic N) is 2. The second-order valence-corrected chi connectivity index (χ2v) is 5.12. The number of imidazole rings is 1. The Kier molecular flexibility index (Phi) is 4.90. The van der Waals surface area contributed by atoms with Gasteiger partial charge in [-0.25, -0.2) is 4.98 Å². The van der Waals surface area contributed by atoms with Crippen LogP contribution >= 0.6 is 0 Å². The summed E-state index contributed by atoms with van der Waals surface area (Å²) in [7, 11) is 0. The van der Waals surface area contributed by atoms with Crippen molar-refractivity contribution in [3.63, 3.8) is 0 Å². The van der Waals surface area contributed by atoms with E-state index in [1.807, 2.05) is 0 Å². The average molecular weight is 295 g/mol. The number of para-hydroxylation sites is 2. The van der Waals surface area contributed by atoms with E-state index in [0.29, 0.717) is 18.2 Å². The van der Waals surface area contributed by atoms with Crippen molar-refractivity contribution in [2.24, 2.45) is 11.7 Å². The summed E-state index contributed by atoms with van der Waals surface area (Å²) in [5.41, 5.74) is 7.26. The van der Waals surface area contributed by atoms with E-state index in [4.69, 9.17) is 5.73 Å². The fourth-order valence-electron chi connectivity index (χ4n) is 2.37. The lowest BCUT2D eigenvalue weighted by molar-refractivity contribution is -0.0498. The van der Waals surface area contributed by atoms with Crippen LogP contribution in [0.15, 0.2) is 36.8 Å². The zero-order valence-corrected chi connectivity index (χ0v) is 12.0. The van der Waals surface area contributed by atoms with Crippen LogP contribution in [0.3, 0.4) is 0 Å². The Bertz CT molecular complexity index is 584. The van der Waals surface area contributed by atoms with Crippen LogP contribution in [0.2, 0.25) is 0 Å². The second-order valence-electron chi connectivity index (χ2n) is 5.12. The highest BCUT2D eigenvalue weighted by molar-refractivity contribution is 5.48. The average Bonchev–Trinajstić information content (AvgIpc) is 2.88. The van der Waals surface area contributed by atoms with Gasteiger partial charge in [-0.15, -0.1) is 0 Å². The van der Waals surface area contributed by atoms with Crippen LogP contribution in [0.25, 0.3) is 5.69 Å². The van der Waals surface area contributed by atoms with Gasteiger partial charge >= 0.3 is 6.61 Å². The summed E-state index contributed by atoms with van der Waals surface area (Å²) in [5, 5.41) is 0. The molecule has 1 unspecified atom stereocenters. The molecule has 2 aromatic rings. The van der Waals surface area contributed by atoms with Crippen molar-refractivity contribution in [3.8, 4) is 11.4 Å². The summed E-state index contributed by atoms with van der Waals surface area (Å²) in [4.78, 5) is 4.13. The maximum atomic E-state index is 12.5. The van der Waals surface area contributed by atoms with Crippen molar-refractivity contribution in [1.82, 2.24) is 9.55 Å². The highest BCUT2D eigenvalue weighted by Gasteiger charge is 2.20. The van der Waals surface area contributed by atoms with E-state index in [-0.39, 0.29) is 11.7 Å². The number of hydrogen-bond donors (Lipinski definition) is 1. The third-order valence-electron chi connectivity index (χ3n) is 3.45. The maximum Gasteiger partial charge on any atom is 0.387 e. The molecule has 114 valence electrons. The summed E-state index contributed by atoms with van der Waals surface area (Å²) in [5.74, 6) is 0.520. The lowest BCUT2D eigenvalue weighted by atomic mass is 9.93. The van der Waals surface area contributed by atoms with Crippen molar-refractivity contribution in [1.29, 1.82) is 0 Å². The van der Waals surface area contributed by atoms with E-state index in [1.54, 1.807) is 35.3 Å². The van der Waals surface area contributed by atoms with Crippen LogP contribution in [-0.4, -0.2) is 22.7 Å². The molecule has 0 aliphatic heterocycles. The minimum atomic E-state index is -2.87. The van der Waals surface area contributed by atoms with Gasteiger partial charge in [0.15, 0.2) is 0 Å². The van der Waals surface area contributed by atoms with Crippen molar-refractivity contribution in [2.75, 3.05) is 6.54 Å². The Morgan fingerprint density at radius 1 is 1.29 bits per heavy atom. The SMILES string of the molecule is CC(C)C(CN)c1cncn1-c1ccccc1OC(F)F. The minimum Gasteiger partial charge on any atom is -0.433 e. The molecule has 1 heterocycles.